The number of para-hydroxylation sites is 2. The smallest absolute Gasteiger partial charge is 0.349 e. The summed E-state index contributed by atoms with van der Waals surface area (Å²) < 4.78 is 16.3. The number of fused-ring (bicyclic) bond motifs is 2. The van der Waals surface area contributed by atoms with E-state index in [1.54, 1.807) is 24.4 Å². The van der Waals surface area contributed by atoms with Crippen molar-refractivity contribution >= 4 is 27.8 Å². The van der Waals surface area contributed by atoms with Crippen LogP contribution in [0.25, 0.3) is 21.9 Å². The Bertz CT molecular complexity index is 1260. The van der Waals surface area contributed by atoms with Crippen molar-refractivity contribution in [3.8, 4) is 11.5 Å². The Hall–Kier alpha value is -3.87. The summed E-state index contributed by atoms with van der Waals surface area (Å²) in [4.78, 5) is 29.0. The summed E-state index contributed by atoms with van der Waals surface area (Å²) in [5, 5.41) is 4.35. The summed E-state index contributed by atoms with van der Waals surface area (Å²) in [6, 6.07) is 16.3. The maximum Gasteiger partial charge on any atom is 0.349 e. The highest BCUT2D eigenvalue weighted by molar-refractivity contribution is 5.97. The predicted molar refractivity (Wildman–Crippen MR) is 113 cm³/mol. The highest BCUT2D eigenvalue weighted by Crippen LogP contribution is 2.24. The molecule has 1 N–H and O–H groups in total. The molecule has 0 unspecified atom stereocenters. The van der Waals surface area contributed by atoms with Gasteiger partial charge in [-0.15, -0.1) is 0 Å². The molecule has 0 bridgehead atoms. The summed E-state index contributed by atoms with van der Waals surface area (Å²) in [7, 11) is 1.49. The van der Waals surface area contributed by atoms with Gasteiger partial charge in [0.2, 0.25) is 0 Å². The third-order valence-electron chi connectivity index (χ3n) is 4.65. The van der Waals surface area contributed by atoms with E-state index in [4.69, 9.17) is 13.9 Å². The Morgan fingerprint density at radius 2 is 1.83 bits per heavy atom. The molecule has 2 heterocycles. The van der Waals surface area contributed by atoms with Crippen molar-refractivity contribution in [1.29, 1.82) is 0 Å². The van der Waals surface area contributed by atoms with E-state index >= 15 is 0 Å². The summed E-state index contributed by atoms with van der Waals surface area (Å²) in [6.07, 6.45) is 2.29. The fourth-order valence-electron chi connectivity index (χ4n) is 3.18. The van der Waals surface area contributed by atoms with Crippen LogP contribution in [-0.4, -0.2) is 31.2 Å². The first-order valence-electron chi connectivity index (χ1n) is 9.53. The Morgan fingerprint density at radius 3 is 2.67 bits per heavy atom. The van der Waals surface area contributed by atoms with Gasteiger partial charge in [0.25, 0.3) is 5.91 Å². The Balaban J connectivity index is 1.36. The zero-order valence-electron chi connectivity index (χ0n) is 16.4. The van der Waals surface area contributed by atoms with Crippen molar-refractivity contribution in [2.75, 3.05) is 20.3 Å². The monoisotopic (exact) mass is 404 g/mol. The number of aromatic nitrogens is 1. The number of carbonyl (C=O) groups is 1. The molecule has 0 saturated heterocycles. The van der Waals surface area contributed by atoms with Gasteiger partial charge in [-0.2, -0.15) is 0 Å². The summed E-state index contributed by atoms with van der Waals surface area (Å²) in [5.41, 5.74) is 0.365. The summed E-state index contributed by atoms with van der Waals surface area (Å²) in [6.45, 7) is 0.756. The van der Waals surface area contributed by atoms with Gasteiger partial charge in [-0.3, -0.25) is 9.78 Å². The van der Waals surface area contributed by atoms with E-state index in [9.17, 15) is 9.59 Å². The lowest BCUT2D eigenvalue weighted by Crippen LogP contribution is -2.29. The average Bonchev–Trinajstić information content (AvgIpc) is 2.78. The number of nitrogens with one attached hydrogen (secondary N) is 1. The molecule has 0 aliphatic heterocycles. The van der Waals surface area contributed by atoms with Gasteiger partial charge in [-0.1, -0.05) is 30.3 Å². The van der Waals surface area contributed by atoms with Gasteiger partial charge < -0.3 is 19.2 Å². The molecule has 0 aliphatic rings. The van der Waals surface area contributed by atoms with Crippen LogP contribution in [0.15, 0.2) is 70.0 Å². The molecule has 4 rings (SSSR count). The van der Waals surface area contributed by atoms with Crippen LogP contribution in [0.4, 0.5) is 0 Å². The van der Waals surface area contributed by atoms with Gasteiger partial charge >= 0.3 is 5.63 Å². The molecule has 7 nitrogen and oxygen atoms in total. The van der Waals surface area contributed by atoms with Crippen LogP contribution in [0.2, 0.25) is 0 Å². The molecule has 152 valence electrons. The van der Waals surface area contributed by atoms with E-state index in [1.807, 2.05) is 30.3 Å². The first-order valence-corrected chi connectivity index (χ1v) is 9.53. The topological polar surface area (TPSA) is 90.7 Å². The molecule has 7 heteroatoms. The number of ether oxygens (including phenoxy) is 2. The fraction of sp³-hybridized carbons (Fsp3) is 0.174. The van der Waals surface area contributed by atoms with Crippen LogP contribution in [-0.2, 0) is 0 Å². The minimum absolute atomic E-state index is 0.0464. The highest BCUT2D eigenvalue weighted by atomic mass is 16.5. The number of methoxy groups -OCH3 is 1. The second-order valence-corrected chi connectivity index (χ2v) is 6.62. The summed E-state index contributed by atoms with van der Waals surface area (Å²) in [5.74, 6) is 0.653. The number of pyridine rings is 1. The highest BCUT2D eigenvalue weighted by Gasteiger charge is 2.15. The number of rotatable bonds is 7. The van der Waals surface area contributed by atoms with Crippen molar-refractivity contribution in [1.82, 2.24) is 10.3 Å². The lowest BCUT2D eigenvalue weighted by Gasteiger charge is -2.09. The van der Waals surface area contributed by atoms with Gasteiger partial charge in [-0.25, -0.2) is 4.79 Å². The molecule has 0 radical (unpaired) electrons. The largest absolute Gasteiger partial charge is 0.493 e. The summed E-state index contributed by atoms with van der Waals surface area (Å²) >= 11 is 0. The molecule has 2 aromatic carbocycles. The first-order chi connectivity index (χ1) is 14.7. The van der Waals surface area contributed by atoms with Gasteiger partial charge in [0.1, 0.15) is 16.8 Å². The van der Waals surface area contributed by atoms with E-state index < -0.39 is 11.5 Å². The molecule has 2 aromatic heterocycles. The van der Waals surface area contributed by atoms with Gasteiger partial charge in [-0.05, 0) is 30.7 Å². The van der Waals surface area contributed by atoms with Gasteiger partial charge in [0, 0.05) is 23.5 Å². The number of hydrogen-bond acceptors (Lipinski definition) is 6. The van der Waals surface area contributed by atoms with E-state index in [-0.39, 0.29) is 5.56 Å². The molecule has 1 amide bonds. The van der Waals surface area contributed by atoms with E-state index in [2.05, 4.69) is 10.3 Å². The number of nitrogens with zero attached hydrogens (tertiary/aromatic N) is 1. The number of amides is 1. The van der Waals surface area contributed by atoms with Gasteiger partial charge in [0.15, 0.2) is 11.3 Å². The number of hydrogen-bond donors (Lipinski definition) is 1. The Kier molecular flexibility index (Phi) is 5.61. The second-order valence-electron chi connectivity index (χ2n) is 6.62. The fourth-order valence-corrected chi connectivity index (χ4v) is 3.18. The standard InChI is InChI=1S/C23H20N2O5/c1-28-19-10-3-7-16-14-17(23(27)30-21(16)19)22(26)25-12-5-13-29-18-9-2-6-15-8-4-11-24-20(15)18/h2-4,6-11,14H,5,12-13H2,1H3,(H,25,26). The average molecular weight is 404 g/mol. The molecular weight excluding hydrogens is 384 g/mol. The molecule has 4 aromatic rings. The first kappa shape index (κ1) is 19.4. The van der Waals surface area contributed by atoms with Crippen LogP contribution in [0, 0.1) is 0 Å². The molecular formula is C23H20N2O5. The van der Waals surface area contributed by atoms with Crippen molar-refractivity contribution < 1.29 is 18.7 Å². The van der Waals surface area contributed by atoms with Crippen LogP contribution in [0.3, 0.4) is 0 Å². The Morgan fingerprint density at radius 1 is 1.07 bits per heavy atom. The lowest BCUT2D eigenvalue weighted by molar-refractivity contribution is 0.0948. The predicted octanol–water partition coefficient (Wildman–Crippen LogP) is 3.55. The SMILES string of the molecule is COc1cccc2cc(C(=O)NCCCOc3cccc4cccnc34)c(=O)oc12. The van der Waals surface area contributed by atoms with Gasteiger partial charge in [0.05, 0.1) is 13.7 Å². The quantitative estimate of drug-likeness (QED) is 0.374. The molecule has 0 atom stereocenters. The van der Waals surface area contributed by atoms with E-state index in [0.29, 0.717) is 42.0 Å². The zero-order chi connectivity index (χ0) is 20.9. The van der Waals surface area contributed by atoms with Crippen molar-refractivity contribution in [2.24, 2.45) is 0 Å². The Labute approximate surface area is 172 Å². The van der Waals surface area contributed by atoms with Crippen LogP contribution < -0.4 is 20.4 Å². The maximum absolute atomic E-state index is 12.4. The van der Waals surface area contributed by atoms with Crippen LogP contribution >= 0.6 is 0 Å². The minimum Gasteiger partial charge on any atom is -0.493 e. The van der Waals surface area contributed by atoms with E-state index in [0.717, 1.165) is 10.9 Å². The van der Waals surface area contributed by atoms with E-state index in [1.165, 1.54) is 13.2 Å². The third-order valence-corrected chi connectivity index (χ3v) is 4.65. The lowest BCUT2D eigenvalue weighted by atomic mass is 10.1. The molecule has 0 aliphatic carbocycles. The van der Waals surface area contributed by atoms with Crippen molar-refractivity contribution in [2.45, 2.75) is 6.42 Å². The van der Waals surface area contributed by atoms with Crippen molar-refractivity contribution in [3.63, 3.8) is 0 Å². The molecule has 0 fully saturated rings. The second kappa shape index (κ2) is 8.65. The van der Waals surface area contributed by atoms with Crippen LogP contribution in [0.5, 0.6) is 11.5 Å². The molecule has 0 saturated carbocycles. The third kappa shape index (κ3) is 3.96. The van der Waals surface area contributed by atoms with Crippen molar-refractivity contribution in [3.05, 3.63) is 76.8 Å². The zero-order valence-corrected chi connectivity index (χ0v) is 16.4. The number of benzene rings is 2. The maximum atomic E-state index is 12.4. The van der Waals surface area contributed by atoms with Crippen LogP contribution in [0.1, 0.15) is 16.8 Å². The minimum atomic E-state index is -0.706. The molecule has 0 spiro atoms. The normalized spacial score (nSPS) is 10.8. The number of carbonyl (C=O) groups excluding carboxylic acids is 1. The molecule has 30 heavy (non-hydrogen) atoms.